The van der Waals surface area contributed by atoms with Gasteiger partial charge in [-0.2, -0.15) is 0 Å². The van der Waals surface area contributed by atoms with Crippen molar-refractivity contribution in [2.75, 3.05) is 4.90 Å². The molecule has 54 heavy (non-hydrogen) atoms. The first-order chi connectivity index (χ1) is 26.8. The molecule has 0 amide bonds. The van der Waals surface area contributed by atoms with Crippen molar-refractivity contribution in [2.24, 2.45) is 0 Å². The van der Waals surface area contributed by atoms with Crippen molar-refractivity contribution in [1.29, 1.82) is 0 Å². The molecule has 10 rings (SSSR count). The predicted molar refractivity (Wildman–Crippen MR) is 227 cm³/mol. The molecule has 0 aliphatic heterocycles. The summed E-state index contributed by atoms with van der Waals surface area (Å²) in [6.45, 7) is 0. The van der Waals surface area contributed by atoms with Crippen molar-refractivity contribution in [2.45, 2.75) is 5.41 Å². The fourth-order valence-corrected chi connectivity index (χ4v) is 8.77. The molecule has 0 unspecified atom stereocenters. The molecule has 0 N–H and O–H groups in total. The Bertz CT molecular complexity index is 2600. The van der Waals surface area contributed by atoms with Crippen molar-refractivity contribution in [3.63, 3.8) is 0 Å². The van der Waals surface area contributed by atoms with Crippen molar-refractivity contribution < 1.29 is 0 Å². The summed E-state index contributed by atoms with van der Waals surface area (Å²) in [6, 6.07) is 81.9. The van der Waals surface area contributed by atoms with Crippen LogP contribution in [0, 0.1) is 0 Å². The highest BCUT2D eigenvalue weighted by Gasteiger charge is 2.46. The highest BCUT2D eigenvalue weighted by molar-refractivity contribution is 6.12. The van der Waals surface area contributed by atoms with E-state index in [2.05, 4.69) is 229 Å². The lowest BCUT2D eigenvalue weighted by Gasteiger charge is -2.34. The second kappa shape index (κ2) is 13.2. The van der Waals surface area contributed by atoms with Gasteiger partial charge in [0, 0.05) is 16.8 Å². The van der Waals surface area contributed by atoms with E-state index in [0.29, 0.717) is 0 Å². The summed E-state index contributed by atoms with van der Waals surface area (Å²) in [5, 5.41) is 2.46. The predicted octanol–water partition coefficient (Wildman–Crippen LogP) is 14.0. The van der Waals surface area contributed by atoms with Gasteiger partial charge in [0.25, 0.3) is 0 Å². The summed E-state index contributed by atoms with van der Waals surface area (Å²) in [4.78, 5) is 2.44. The van der Waals surface area contributed by atoms with E-state index in [9.17, 15) is 0 Å². The SMILES string of the molecule is c1ccc(-c2ccc(N(c3ccc(-c4ccccc4)cc3)c3cccc4ccc5c(c34)-c3ccccc3C5(c3ccccc3)c3ccccc3)cc2)cc1. The standard InChI is InChI=1S/C53H37N/c1-5-16-38(17-6-1)40-28-33-45(34-29-40)54(46-35-30-41(31-36-46)39-18-7-2-8-19-39)50-27-15-20-42-32-37-49-52(51(42)50)47-25-13-14-26-48(47)53(49,43-21-9-3-10-22-43)44-23-11-4-12-24-44/h1-37H. The molecule has 0 radical (unpaired) electrons. The topological polar surface area (TPSA) is 3.24 Å². The minimum atomic E-state index is -0.477. The maximum atomic E-state index is 2.44. The Kier molecular flexibility index (Phi) is 7.78. The third-order valence-corrected chi connectivity index (χ3v) is 11.1. The van der Waals surface area contributed by atoms with Gasteiger partial charge >= 0.3 is 0 Å². The van der Waals surface area contributed by atoms with Crippen molar-refractivity contribution in [3.8, 4) is 33.4 Å². The number of nitrogens with zero attached hydrogens (tertiary/aromatic N) is 1. The molecule has 0 atom stereocenters. The third-order valence-electron chi connectivity index (χ3n) is 11.1. The van der Waals surface area contributed by atoms with E-state index in [1.54, 1.807) is 0 Å². The quantitative estimate of drug-likeness (QED) is 0.161. The van der Waals surface area contributed by atoms with Crippen LogP contribution in [0.25, 0.3) is 44.2 Å². The van der Waals surface area contributed by atoms with Gasteiger partial charge in [-0.15, -0.1) is 0 Å². The molecule has 9 aromatic rings. The molecule has 254 valence electrons. The second-order valence-electron chi connectivity index (χ2n) is 14.1. The molecule has 1 heteroatoms. The first-order valence-electron chi connectivity index (χ1n) is 18.7. The normalized spacial score (nSPS) is 12.6. The molecule has 0 bridgehead atoms. The monoisotopic (exact) mass is 687 g/mol. The van der Waals surface area contributed by atoms with Crippen LogP contribution < -0.4 is 4.90 Å². The molecule has 0 aromatic heterocycles. The maximum Gasteiger partial charge on any atom is 0.0713 e. The van der Waals surface area contributed by atoms with Gasteiger partial charge in [0.05, 0.1) is 11.1 Å². The zero-order valence-corrected chi connectivity index (χ0v) is 29.8. The van der Waals surface area contributed by atoms with Crippen molar-refractivity contribution in [3.05, 3.63) is 247 Å². The summed E-state index contributed by atoms with van der Waals surface area (Å²) >= 11 is 0. The van der Waals surface area contributed by atoms with Gasteiger partial charge < -0.3 is 4.90 Å². The van der Waals surface area contributed by atoms with Gasteiger partial charge in [0.15, 0.2) is 0 Å². The zero-order valence-electron chi connectivity index (χ0n) is 29.8. The van der Waals surface area contributed by atoms with E-state index in [-0.39, 0.29) is 0 Å². The van der Waals surface area contributed by atoms with Crippen LogP contribution in [-0.2, 0) is 5.41 Å². The van der Waals surface area contributed by atoms with Crippen LogP contribution in [0.15, 0.2) is 224 Å². The van der Waals surface area contributed by atoms with Crippen LogP contribution in [-0.4, -0.2) is 0 Å². The Labute approximate surface area is 317 Å². The fourth-order valence-electron chi connectivity index (χ4n) is 8.77. The van der Waals surface area contributed by atoms with E-state index in [0.717, 1.165) is 17.1 Å². The van der Waals surface area contributed by atoms with Crippen LogP contribution in [0.5, 0.6) is 0 Å². The largest absolute Gasteiger partial charge is 0.310 e. The van der Waals surface area contributed by atoms with Crippen molar-refractivity contribution >= 4 is 27.8 Å². The average molecular weight is 688 g/mol. The molecule has 0 fully saturated rings. The molecule has 0 saturated carbocycles. The molecule has 1 aliphatic rings. The van der Waals surface area contributed by atoms with Gasteiger partial charge in [-0.1, -0.05) is 194 Å². The Morgan fingerprint density at radius 1 is 0.315 bits per heavy atom. The Hall–Kier alpha value is -6.96. The Morgan fingerprint density at radius 2 is 0.778 bits per heavy atom. The molecule has 0 saturated heterocycles. The summed E-state index contributed by atoms with van der Waals surface area (Å²) < 4.78 is 0. The van der Waals surface area contributed by atoms with E-state index in [4.69, 9.17) is 0 Å². The van der Waals surface area contributed by atoms with E-state index < -0.39 is 5.41 Å². The van der Waals surface area contributed by atoms with Crippen LogP contribution in [0.1, 0.15) is 22.3 Å². The minimum absolute atomic E-state index is 0.477. The molecule has 9 aromatic carbocycles. The van der Waals surface area contributed by atoms with Gasteiger partial charge in [0.1, 0.15) is 0 Å². The maximum absolute atomic E-state index is 2.44. The number of fused-ring (bicyclic) bond motifs is 5. The second-order valence-corrected chi connectivity index (χ2v) is 14.1. The van der Waals surface area contributed by atoms with Crippen LogP contribution in [0.3, 0.4) is 0 Å². The number of anilines is 3. The summed E-state index contributed by atoms with van der Waals surface area (Å²) in [7, 11) is 0. The smallest absolute Gasteiger partial charge is 0.0713 e. The van der Waals surface area contributed by atoms with Gasteiger partial charge in [-0.25, -0.2) is 0 Å². The Balaban J connectivity index is 1.25. The first-order valence-corrected chi connectivity index (χ1v) is 18.7. The van der Waals surface area contributed by atoms with Crippen LogP contribution in [0.4, 0.5) is 17.1 Å². The van der Waals surface area contributed by atoms with E-state index >= 15 is 0 Å². The highest BCUT2D eigenvalue weighted by atomic mass is 15.1. The van der Waals surface area contributed by atoms with Gasteiger partial charge in [0.2, 0.25) is 0 Å². The molecular formula is C53H37N. The number of benzene rings is 9. The summed E-state index contributed by atoms with van der Waals surface area (Å²) in [5.41, 5.74) is 15.4. The molecule has 1 aliphatic carbocycles. The number of hydrogen-bond donors (Lipinski definition) is 0. The lowest BCUT2D eigenvalue weighted by atomic mass is 9.67. The molecule has 1 nitrogen and oxygen atoms in total. The first kappa shape index (κ1) is 31.7. The zero-order chi connectivity index (χ0) is 35.9. The minimum Gasteiger partial charge on any atom is -0.310 e. The lowest BCUT2D eigenvalue weighted by Crippen LogP contribution is -2.28. The Morgan fingerprint density at radius 3 is 1.31 bits per heavy atom. The fraction of sp³-hybridized carbons (Fsp3) is 0.0189. The number of hydrogen-bond acceptors (Lipinski definition) is 1. The summed E-state index contributed by atoms with van der Waals surface area (Å²) in [6.07, 6.45) is 0. The average Bonchev–Trinajstić information content (AvgIpc) is 3.57. The van der Waals surface area contributed by atoms with E-state index in [1.807, 2.05) is 0 Å². The molecular weight excluding hydrogens is 651 g/mol. The third kappa shape index (κ3) is 5.09. The molecule has 0 spiro atoms. The highest BCUT2D eigenvalue weighted by Crippen LogP contribution is 2.59. The number of rotatable bonds is 7. The van der Waals surface area contributed by atoms with Crippen molar-refractivity contribution in [1.82, 2.24) is 0 Å². The van der Waals surface area contributed by atoms with E-state index in [1.165, 1.54) is 66.4 Å². The summed E-state index contributed by atoms with van der Waals surface area (Å²) in [5.74, 6) is 0. The lowest BCUT2D eigenvalue weighted by molar-refractivity contribution is 0.769. The van der Waals surface area contributed by atoms with Gasteiger partial charge in [-0.05, 0) is 91.4 Å². The van der Waals surface area contributed by atoms with Crippen LogP contribution >= 0.6 is 0 Å². The van der Waals surface area contributed by atoms with Crippen LogP contribution in [0.2, 0.25) is 0 Å². The molecule has 0 heterocycles. The van der Waals surface area contributed by atoms with Gasteiger partial charge in [-0.3, -0.25) is 0 Å².